The van der Waals surface area contributed by atoms with E-state index in [1.807, 2.05) is 0 Å². The first-order valence-corrected chi connectivity index (χ1v) is 5.43. The number of nitrogens with one attached hydrogen (secondary N) is 2. The lowest BCUT2D eigenvalue weighted by Crippen LogP contribution is -2.36. The average molecular weight is 291 g/mol. The molecule has 0 spiro atoms. The van der Waals surface area contributed by atoms with Gasteiger partial charge in [0.05, 0.1) is 18.8 Å². The van der Waals surface area contributed by atoms with Crippen LogP contribution < -0.4 is 21.1 Å². The summed E-state index contributed by atoms with van der Waals surface area (Å²) in [4.78, 5) is 22.3. The molecule has 0 bridgehead atoms. The van der Waals surface area contributed by atoms with Gasteiger partial charge in [0.15, 0.2) is 5.75 Å². The maximum atomic E-state index is 12.2. The van der Waals surface area contributed by atoms with Gasteiger partial charge in [0.2, 0.25) is 11.8 Å². The molecular formula is C11H12F3N3O3. The predicted molar refractivity (Wildman–Crippen MR) is 63.8 cm³/mol. The molecule has 110 valence electrons. The van der Waals surface area contributed by atoms with Crippen LogP contribution in [0.3, 0.4) is 0 Å². The van der Waals surface area contributed by atoms with Crippen molar-refractivity contribution in [1.29, 1.82) is 0 Å². The molecule has 2 amide bonds. The smallest absolute Gasteiger partial charge is 0.404 e. The zero-order valence-corrected chi connectivity index (χ0v) is 10.2. The highest BCUT2D eigenvalue weighted by Gasteiger charge is 2.32. The highest BCUT2D eigenvalue weighted by atomic mass is 19.4. The van der Waals surface area contributed by atoms with Crippen molar-refractivity contribution in [2.24, 2.45) is 5.73 Å². The summed E-state index contributed by atoms with van der Waals surface area (Å²) < 4.78 is 40.2. The van der Waals surface area contributed by atoms with Gasteiger partial charge in [-0.2, -0.15) is 0 Å². The lowest BCUT2D eigenvalue weighted by atomic mass is 10.3. The summed E-state index contributed by atoms with van der Waals surface area (Å²) in [6.45, 7) is -0.697. The molecule has 0 aliphatic carbocycles. The molecule has 9 heteroatoms. The molecular weight excluding hydrogens is 279 g/mol. The number of hydrogen-bond donors (Lipinski definition) is 3. The summed E-state index contributed by atoms with van der Waals surface area (Å²) in [7, 11) is 0. The normalized spacial score (nSPS) is 10.8. The van der Waals surface area contributed by atoms with Crippen molar-refractivity contribution in [3.8, 4) is 5.75 Å². The third-order valence-corrected chi connectivity index (χ3v) is 2.02. The van der Waals surface area contributed by atoms with Gasteiger partial charge in [0.1, 0.15) is 0 Å². The first kappa shape index (κ1) is 15.8. The van der Waals surface area contributed by atoms with Gasteiger partial charge in [0, 0.05) is 0 Å². The Labute approximate surface area is 112 Å². The summed E-state index contributed by atoms with van der Waals surface area (Å²) in [6.07, 6.45) is -4.87. The van der Waals surface area contributed by atoms with Gasteiger partial charge in [-0.25, -0.2) is 0 Å². The van der Waals surface area contributed by atoms with E-state index in [0.29, 0.717) is 0 Å². The van der Waals surface area contributed by atoms with E-state index in [9.17, 15) is 22.8 Å². The van der Waals surface area contributed by atoms with Crippen molar-refractivity contribution in [2.45, 2.75) is 6.36 Å². The van der Waals surface area contributed by atoms with Gasteiger partial charge in [-0.1, -0.05) is 12.1 Å². The molecule has 6 nitrogen and oxygen atoms in total. The second kappa shape index (κ2) is 6.75. The number of para-hydroxylation sites is 2. The zero-order chi connectivity index (χ0) is 15.2. The Kier molecular flexibility index (Phi) is 5.32. The molecule has 1 aromatic carbocycles. The largest absolute Gasteiger partial charge is 0.573 e. The number of amides is 2. The lowest BCUT2D eigenvalue weighted by Gasteiger charge is -2.13. The lowest BCUT2D eigenvalue weighted by molar-refractivity contribution is -0.274. The van der Waals surface area contributed by atoms with Crippen molar-refractivity contribution in [3.05, 3.63) is 24.3 Å². The molecule has 0 saturated carbocycles. The Morgan fingerprint density at radius 3 is 2.45 bits per heavy atom. The summed E-state index contributed by atoms with van der Waals surface area (Å²) >= 11 is 0. The van der Waals surface area contributed by atoms with Crippen LogP contribution in [-0.4, -0.2) is 31.3 Å². The van der Waals surface area contributed by atoms with E-state index in [1.165, 1.54) is 18.2 Å². The third-order valence-electron chi connectivity index (χ3n) is 2.02. The molecule has 0 radical (unpaired) electrons. The number of nitrogens with two attached hydrogens (primary N) is 1. The molecule has 0 aliphatic heterocycles. The molecule has 0 heterocycles. The fourth-order valence-corrected chi connectivity index (χ4v) is 1.23. The van der Waals surface area contributed by atoms with Crippen molar-refractivity contribution >= 4 is 17.5 Å². The Hall–Kier alpha value is -2.29. The third kappa shape index (κ3) is 5.57. The number of alkyl halides is 3. The van der Waals surface area contributed by atoms with E-state index in [0.717, 1.165) is 6.07 Å². The van der Waals surface area contributed by atoms with Crippen LogP contribution in [0.5, 0.6) is 5.75 Å². The number of rotatable bonds is 5. The van der Waals surface area contributed by atoms with Gasteiger partial charge in [-0.3, -0.25) is 9.59 Å². The van der Waals surface area contributed by atoms with Gasteiger partial charge >= 0.3 is 6.36 Å². The average Bonchev–Trinajstić information content (AvgIpc) is 2.36. The van der Waals surface area contributed by atoms with Crippen LogP contribution >= 0.6 is 0 Å². The summed E-state index contributed by atoms with van der Waals surface area (Å²) in [5.74, 6) is -1.80. The highest BCUT2D eigenvalue weighted by molar-refractivity contribution is 5.95. The van der Waals surface area contributed by atoms with Crippen molar-refractivity contribution in [1.82, 2.24) is 5.32 Å². The summed E-state index contributed by atoms with van der Waals surface area (Å²) in [5, 5.41) is 4.37. The van der Waals surface area contributed by atoms with Crippen molar-refractivity contribution < 1.29 is 27.5 Å². The van der Waals surface area contributed by atoms with Crippen LogP contribution in [-0.2, 0) is 9.59 Å². The van der Waals surface area contributed by atoms with Crippen LogP contribution in [0.25, 0.3) is 0 Å². The Bertz CT molecular complexity index is 491. The van der Waals surface area contributed by atoms with E-state index < -0.39 is 30.5 Å². The van der Waals surface area contributed by atoms with Gasteiger partial charge in [-0.15, -0.1) is 13.2 Å². The van der Waals surface area contributed by atoms with Crippen LogP contribution in [0.4, 0.5) is 18.9 Å². The molecule has 0 aliphatic rings. The fourth-order valence-electron chi connectivity index (χ4n) is 1.23. The first-order valence-electron chi connectivity index (χ1n) is 5.43. The number of hydrogen-bond acceptors (Lipinski definition) is 4. The van der Waals surface area contributed by atoms with Crippen LogP contribution in [0.1, 0.15) is 0 Å². The van der Waals surface area contributed by atoms with Gasteiger partial charge in [-0.05, 0) is 12.1 Å². The summed E-state index contributed by atoms with van der Waals surface area (Å²) in [6, 6.07) is 5.05. The number of ether oxygens (including phenoxy) is 1. The molecule has 1 rings (SSSR count). The van der Waals surface area contributed by atoms with E-state index in [-0.39, 0.29) is 12.2 Å². The Balaban J connectivity index is 2.67. The SMILES string of the molecule is NCC(=O)NCC(=O)Nc1ccccc1OC(F)(F)F. The molecule has 0 aromatic heterocycles. The van der Waals surface area contributed by atoms with Crippen molar-refractivity contribution in [3.63, 3.8) is 0 Å². The zero-order valence-electron chi connectivity index (χ0n) is 10.2. The minimum atomic E-state index is -4.87. The van der Waals surface area contributed by atoms with Crippen LogP contribution in [0.2, 0.25) is 0 Å². The standard InChI is InChI=1S/C11H12F3N3O3/c12-11(13,14)20-8-4-2-1-3-7(8)17-10(19)6-16-9(18)5-15/h1-4H,5-6,15H2,(H,16,18)(H,17,19). The van der Waals surface area contributed by atoms with E-state index in [4.69, 9.17) is 5.73 Å². The first-order chi connectivity index (χ1) is 9.31. The van der Waals surface area contributed by atoms with E-state index >= 15 is 0 Å². The van der Waals surface area contributed by atoms with Gasteiger partial charge < -0.3 is 21.1 Å². The number of benzene rings is 1. The number of carbonyl (C=O) groups is 2. The molecule has 0 atom stereocenters. The maximum absolute atomic E-state index is 12.2. The van der Waals surface area contributed by atoms with Gasteiger partial charge in [0.25, 0.3) is 0 Å². The summed E-state index contributed by atoms with van der Waals surface area (Å²) in [5.41, 5.74) is 4.86. The molecule has 0 fully saturated rings. The van der Waals surface area contributed by atoms with Crippen LogP contribution in [0, 0.1) is 0 Å². The van der Waals surface area contributed by atoms with E-state index in [1.54, 1.807) is 0 Å². The molecule has 4 N–H and O–H groups in total. The molecule has 20 heavy (non-hydrogen) atoms. The highest BCUT2D eigenvalue weighted by Crippen LogP contribution is 2.29. The minimum Gasteiger partial charge on any atom is -0.404 e. The quantitative estimate of drug-likeness (QED) is 0.740. The van der Waals surface area contributed by atoms with Crippen molar-refractivity contribution in [2.75, 3.05) is 18.4 Å². The molecule has 0 saturated heterocycles. The second-order valence-electron chi connectivity index (χ2n) is 3.57. The number of anilines is 1. The van der Waals surface area contributed by atoms with Crippen LogP contribution in [0.15, 0.2) is 24.3 Å². The number of halogens is 3. The van der Waals surface area contributed by atoms with E-state index in [2.05, 4.69) is 15.4 Å². The maximum Gasteiger partial charge on any atom is 0.573 e. The minimum absolute atomic E-state index is 0.156. The Morgan fingerprint density at radius 1 is 1.20 bits per heavy atom. The number of carbonyl (C=O) groups excluding carboxylic acids is 2. The Morgan fingerprint density at radius 2 is 1.85 bits per heavy atom. The molecule has 1 aromatic rings. The molecule has 0 unspecified atom stereocenters. The topological polar surface area (TPSA) is 93.5 Å². The second-order valence-corrected chi connectivity index (χ2v) is 3.57. The predicted octanol–water partition coefficient (Wildman–Crippen LogP) is 0.599. The monoisotopic (exact) mass is 291 g/mol. The fraction of sp³-hybridized carbons (Fsp3) is 0.273.